The summed E-state index contributed by atoms with van der Waals surface area (Å²) in [4.78, 5) is 25.6. The lowest BCUT2D eigenvalue weighted by molar-refractivity contribution is -0.150. The molecule has 0 heterocycles. The Hall–Kier alpha value is -0.940. The van der Waals surface area contributed by atoms with Crippen LogP contribution in [-0.4, -0.2) is 49.4 Å². The third-order valence-electron chi connectivity index (χ3n) is 8.39. The smallest absolute Gasteiger partial charge is 0.306 e. The normalized spacial score (nSPS) is 11.5. The second-order valence-electron chi connectivity index (χ2n) is 12.4. The van der Waals surface area contributed by atoms with Crippen LogP contribution in [0.3, 0.4) is 0 Å². The van der Waals surface area contributed by atoms with E-state index in [1.54, 1.807) is 0 Å². The molecule has 0 saturated heterocycles. The van der Waals surface area contributed by atoms with Gasteiger partial charge in [-0.15, -0.1) is 0 Å². The van der Waals surface area contributed by atoms with E-state index in [0.29, 0.717) is 12.8 Å². The summed E-state index contributed by atoms with van der Waals surface area (Å²) >= 11 is 0. The molecule has 0 saturated carbocycles. The van der Waals surface area contributed by atoms with Crippen LogP contribution in [0.2, 0.25) is 0 Å². The molecular formula is C36H72N2O3. The SMILES string of the molecule is CCCCCCCCC(CCCCCCCC)OC(=O)CCCCCCCN(CCCN)CCCCCCCC=O. The second-order valence-corrected chi connectivity index (χ2v) is 12.4. The molecule has 0 atom stereocenters. The average Bonchev–Trinajstić information content (AvgIpc) is 2.97. The lowest BCUT2D eigenvalue weighted by atomic mass is 10.0. The molecular weight excluding hydrogens is 508 g/mol. The van der Waals surface area contributed by atoms with Crippen molar-refractivity contribution in [1.29, 1.82) is 0 Å². The molecule has 0 spiro atoms. The second kappa shape index (κ2) is 33.6. The summed E-state index contributed by atoms with van der Waals surface area (Å²) < 4.78 is 6.01. The van der Waals surface area contributed by atoms with Gasteiger partial charge in [-0.3, -0.25) is 4.79 Å². The van der Waals surface area contributed by atoms with Gasteiger partial charge in [0.1, 0.15) is 12.4 Å². The molecule has 0 aromatic rings. The van der Waals surface area contributed by atoms with Crippen molar-refractivity contribution in [3.05, 3.63) is 0 Å². The molecule has 244 valence electrons. The highest BCUT2D eigenvalue weighted by atomic mass is 16.5. The number of nitrogens with two attached hydrogens (primary N) is 1. The molecule has 0 amide bonds. The zero-order chi connectivity index (χ0) is 30.1. The van der Waals surface area contributed by atoms with Gasteiger partial charge >= 0.3 is 5.97 Å². The van der Waals surface area contributed by atoms with Crippen LogP contribution in [0.1, 0.15) is 187 Å². The Labute approximate surface area is 256 Å². The minimum Gasteiger partial charge on any atom is -0.462 e. The molecule has 0 aliphatic carbocycles. The monoisotopic (exact) mass is 581 g/mol. The number of nitrogens with zero attached hydrogens (tertiary/aromatic N) is 1. The largest absolute Gasteiger partial charge is 0.462 e. The highest BCUT2D eigenvalue weighted by Crippen LogP contribution is 2.18. The van der Waals surface area contributed by atoms with E-state index < -0.39 is 0 Å². The molecule has 0 unspecified atom stereocenters. The Morgan fingerprint density at radius 2 is 1.05 bits per heavy atom. The molecule has 0 aromatic carbocycles. The molecule has 0 aromatic heterocycles. The Morgan fingerprint density at radius 1 is 0.610 bits per heavy atom. The molecule has 5 nitrogen and oxygen atoms in total. The first-order chi connectivity index (χ1) is 20.2. The summed E-state index contributed by atoms with van der Waals surface area (Å²) in [5.41, 5.74) is 5.76. The summed E-state index contributed by atoms with van der Waals surface area (Å²) in [6, 6.07) is 0. The lowest BCUT2D eigenvalue weighted by Crippen LogP contribution is -2.28. The van der Waals surface area contributed by atoms with Gasteiger partial charge in [0.2, 0.25) is 0 Å². The van der Waals surface area contributed by atoms with E-state index >= 15 is 0 Å². The molecule has 2 N–H and O–H groups in total. The van der Waals surface area contributed by atoms with Crippen LogP contribution in [-0.2, 0) is 14.3 Å². The van der Waals surface area contributed by atoms with Crippen LogP contribution in [0, 0.1) is 0 Å². The Bertz CT molecular complexity index is 527. The quantitative estimate of drug-likeness (QED) is 0.0466. The Balaban J connectivity index is 4.10. The number of carbonyl (C=O) groups excluding carboxylic acids is 2. The molecule has 0 radical (unpaired) electrons. The maximum absolute atomic E-state index is 12.6. The lowest BCUT2D eigenvalue weighted by Gasteiger charge is -2.22. The third-order valence-corrected chi connectivity index (χ3v) is 8.39. The van der Waals surface area contributed by atoms with Gasteiger partial charge in [-0.1, -0.05) is 117 Å². The van der Waals surface area contributed by atoms with Gasteiger partial charge in [-0.25, -0.2) is 0 Å². The fraction of sp³-hybridized carbons (Fsp3) is 0.944. The predicted octanol–water partition coefficient (Wildman–Crippen LogP) is 9.93. The number of rotatable bonds is 34. The van der Waals surface area contributed by atoms with Gasteiger partial charge < -0.3 is 20.2 Å². The fourth-order valence-corrected chi connectivity index (χ4v) is 5.69. The van der Waals surface area contributed by atoms with Crippen LogP contribution in [0.4, 0.5) is 0 Å². The molecule has 5 heteroatoms. The van der Waals surface area contributed by atoms with Crippen molar-refractivity contribution < 1.29 is 14.3 Å². The van der Waals surface area contributed by atoms with E-state index in [-0.39, 0.29) is 12.1 Å². The number of hydrogen-bond acceptors (Lipinski definition) is 5. The van der Waals surface area contributed by atoms with Crippen LogP contribution in [0.5, 0.6) is 0 Å². The van der Waals surface area contributed by atoms with Crippen LogP contribution < -0.4 is 5.73 Å². The first-order valence-electron chi connectivity index (χ1n) is 18.2. The highest BCUT2D eigenvalue weighted by molar-refractivity contribution is 5.69. The highest BCUT2D eigenvalue weighted by Gasteiger charge is 2.14. The van der Waals surface area contributed by atoms with E-state index in [1.165, 1.54) is 122 Å². The number of ether oxygens (including phenoxy) is 1. The van der Waals surface area contributed by atoms with Crippen LogP contribution >= 0.6 is 0 Å². The van der Waals surface area contributed by atoms with Crippen molar-refractivity contribution in [3.8, 4) is 0 Å². The summed E-state index contributed by atoms with van der Waals surface area (Å²) in [6.07, 6.45) is 32.8. The molecule has 0 aliphatic rings. The number of carbonyl (C=O) groups is 2. The van der Waals surface area contributed by atoms with E-state index in [1.807, 2.05) is 0 Å². The maximum Gasteiger partial charge on any atom is 0.306 e. The minimum absolute atomic E-state index is 0.0334. The van der Waals surface area contributed by atoms with Crippen molar-refractivity contribution >= 4 is 12.3 Å². The van der Waals surface area contributed by atoms with Crippen molar-refractivity contribution in [3.63, 3.8) is 0 Å². The first-order valence-corrected chi connectivity index (χ1v) is 18.2. The van der Waals surface area contributed by atoms with Gasteiger partial charge in [0.25, 0.3) is 0 Å². The van der Waals surface area contributed by atoms with Gasteiger partial charge in [-0.2, -0.15) is 0 Å². The topological polar surface area (TPSA) is 72.6 Å². The summed E-state index contributed by atoms with van der Waals surface area (Å²) in [5, 5.41) is 0. The first kappa shape index (κ1) is 40.1. The van der Waals surface area contributed by atoms with Gasteiger partial charge in [0, 0.05) is 12.8 Å². The number of hydrogen-bond donors (Lipinski definition) is 1. The van der Waals surface area contributed by atoms with E-state index in [9.17, 15) is 9.59 Å². The van der Waals surface area contributed by atoms with E-state index in [2.05, 4.69) is 18.7 Å². The zero-order valence-corrected chi connectivity index (χ0v) is 27.8. The van der Waals surface area contributed by atoms with Crippen molar-refractivity contribution in [1.82, 2.24) is 4.90 Å². The van der Waals surface area contributed by atoms with Crippen molar-refractivity contribution in [2.75, 3.05) is 26.2 Å². The van der Waals surface area contributed by atoms with Gasteiger partial charge in [0.05, 0.1) is 0 Å². The van der Waals surface area contributed by atoms with E-state index in [0.717, 1.165) is 71.0 Å². The predicted molar refractivity (Wildman–Crippen MR) is 177 cm³/mol. The molecule has 0 aliphatic heterocycles. The van der Waals surface area contributed by atoms with Crippen LogP contribution in [0.25, 0.3) is 0 Å². The fourth-order valence-electron chi connectivity index (χ4n) is 5.69. The maximum atomic E-state index is 12.6. The van der Waals surface area contributed by atoms with E-state index in [4.69, 9.17) is 10.5 Å². The van der Waals surface area contributed by atoms with Crippen molar-refractivity contribution in [2.24, 2.45) is 5.73 Å². The van der Waals surface area contributed by atoms with Gasteiger partial charge in [-0.05, 0) is 84.0 Å². The summed E-state index contributed by atoms with van der Waals surface area (Å²) in [6.45, 7) is 8.72. The Morgan fingerprint density at radius 3 is 1.56 bits per heavy atom. The number of aldehydes is 1. The van der Waals surface area contributed by atoms with Gasteiger partial charge in [0.15, 0.2) is 0 Å². The average molecular weight is 581 g/mol. The standard InChI is InChI=1S/C36H72N2O3/c1-3-5-7-9-14-20-27-35(28-21-15-10-8-6-4-2)41-36(40)29-22-16-13-18-24-32-38(33-26-30-37)31-23-17-11-12-19-25-34-39/h34-35H,3-33,37H2,1-2H3. The molecule has 41 heavy (non-hydrogen) atoms. The number of esters is 1. The summed E-state index contributed by atoms with van der Waals surface area (Å²) in [5.74, 6) is 0.0334. The molecule has 0 fully saturated rings. The van der Waals surface area contributed by atoms with Crippen molar-refractivity contribution in [2.45, 2.75) is 193 Å². The number of unbranched alkanes of at least 4 members (excludes halogenated alkanes) is 19. The zero-order valence-electron chi connectivity index (χ0n) is 27.8. The third kappa shape index (κ3) is 30.3. The van der Waals surface area contributed by atoms with Crippen LogP contribution in [0.15, 0.2) is 0 Å². The molecule has 0 bridgehead atoms. The molecule has 0 rings (SSSR count). The minimum atomic E-state index is 0.0334. The Kier molecular flexibility index (Phi) is 32.8. The summed E-state index contributed by atoms with van der Waals surface area (Å²) in [7, 11) is 0.